The summed E-state index contributed by atoms with van der Waals surface area (Å²) in [5, 5.41) is 8.90. The monoisotopic (exact) mass is 203 g/mol. The molecule has 0 spiro atoms. The van der Waals surface area contributed by atoms with Crippen molar-refractivity contribution in [1.82, 2.24) is 15.0 Å². The third kappa shape index (κ3) is 2.48. The van der Waals surface area contributed by atoms with Crippen LogP contribution in [-0.2, 0) is 0 Å². The van der Waals surface area contributed by atoms with Crippen LogP contribution in [0.3, 0.4) is 0 Å². The van der Waals surface area contributed by atoms with Crippen LogP contribution in [0.2, 0.25) is 5.28 Å². The molecule has 1 unspecified atom stereocenters. The van der Waals surface area contributed by atoms with Gasteiger partial charge in [0.1, 0.15) is 5.82 Å². The van der Waals surface area contributed by atoms with Crippen LogP contribution >= 0.6 is 11.6 Å². The van der Waals surface area contributed by atoms with Gasteiger partial charge >= 0.3 is 0 Å². The molecule has 4 N–H and O–H groups in total. The molecule has 7 heteroatoms. The molecule has 0 saturated carbocycles. The number of hydrogen-bond donors (Lipinski definition) is 3. The molecule has 13 heavy (non-hydrogen) atoms. The van der Waals surface area contributed by atoms with Gasteiger partial charge in [0.05, 0.1) is 6.61 Å². The molecular weight excluding hydrogens is 194 g/mol. The maximum atomic E-state index is 8.85. The lowest BCUT2D eigenvalue weighted by molar-refractivity contribution is 0.268. The second-order valence-electron chi connectivity index (χ2n) is 2.51. The lowest BCUT2D eigenvalue weighted by Gasteiger charge is -2.07. The standard InChI is InChI=1S/C6H10ClN5O/c1-3(2-13)4-9-5(7)11-6(10-4)12-8/h3,13H,2,8H2,1H3,(H,9,10,11,12). The van der Waals surface area contributed by atoms with E-state index in [9.17, 15) is 0 Å². The van der Waals surface area contributed by atoms with Crippen molar-refractivity contribution in [2.45, 2.75) is 12.8 Å². The lowest BCUT2D eigenvalue weighted by atomic mass is 10.2. The number of nitrogens with one attached hydrogen (secondary N) is 1. The van der Waals surface area contributed by atoms with Crippen LogP contribution in [0.25, 0.3) is 0 Å². The van der Waals surface area contributed by atoms with Crippen LogP contribution in [0, 0.1) is 0 Å². The van der Waals surface area contributed by atoms with Gasteiger partial charge < -0.3 is 5.11 Å². The zero-order valence-electron chi connectivity index (χ0n) is 7.03. The van der Waals surface area contributed by atoms with Crippen molar-refractivity contribution in [2.24, 2.45) is 5.84 Å². The number of nitrogen functional groups attached to an aromatic ring is 1. The smallest absolute Gasteiger partial charge is 0.241 e. The SMILES string of the molecule is CC(CO)c1nc(Cl)nc(NN)n1. The van der Waals surface area contributed by atoms with Crippen LogP contribution in [0.5, 0.6) is 0 Å². The Morgan fingerprint density at radius 2 is 2.23 bits per heavy atom. The molecule has 0 bridgehead atoms. The number of halogens is 1. The molecule has 0 amide bonds. The molecule has 0 fully saturated rings. The van der Waals surface area contributed by atoms with Crippen LogP contribution in [0.4, 0.5) is 5.95 Å². The van der Waals surface area contributed by atoms with E-state index in [4.69, 9.17) is 22.6 Å². The number of aromatic nitrogens is 3. The van der Waals surface area contributed by atoms with Crippen molar-refractivity contribution in [2.75, 3.05) is 12.0 Å². The second-order valence-corrected chi connectivity index (χ2v) is 2.85. The minimum absolute atomic E-state index is 0.0512. The first-order valence-electron chi connectivity index (χ1n) is 3.66. The number of aliphatic hydroxyl groups is 1. The van der Waals surface area contributed by atoms with Gasteiger partial charge in [-0.15, -0.1) is 0 Å². The van der Waals surface area contributed by atoms with E-state index in [1.807, 2.05) is 0 Å². The molecule has 1 aromatic rings. The van der Waals surface area contributed by atoms with Gasteiger partial charge in [0, 0.05) is 5.92 Å². The number of anilines is 1. The Morgan fingerprint density at radius 3 is 2.77 bits per heavy atom. The van der Waals surface area contributed by atoms with Crippen molar-refractivity contribution in [3.05, 3.63) is 11.1 Å². The Balaban J connectivity index is 3.01. The topological polar surface area (TPSA) is 97.0 Å². The summed E-state index contributed by atoms with van der Waals surface area (Å²) in [7, 11) is 0. The van der Waals surface area contributed by atoms with Crippen molar-refractivity contribution in [3.63, 3.8) is 0 Å². The van der Waals surface area contributed by atoms with Crippen molar-refractivity contribution >= 4 is 17.5 Å². The molecule has 0 aliphatic heterocycles. The van der Waals surface area contributed by atoms with Gasteiger partial charge in [0.25, 0.3) is 0 Å². The van der Waals surface area contributed by atoms with Gasteiger partial charge in [0.15, 0.2) is 0 Å². The zero-order valence-corrected chi connectivity index (χ0v) is 7.78. The third-order valence-electron chi connectivity index (χ3n) is 1.47. The Hall–Kier alpha value is -0.980. The van der Waals surface area contributed by atoms with Crippen LogP contribution in [0.1, 0.15) is 18.7 Å². The summed E-state index contributed by atoms with van der Waals surface area (Å²) in [4.78, 5) is 11.5. The molecule has 1 aromatic heterocycles. The summed E-state index contributed by atoms with van der Waals surface area (Å²) < 4.78 is 0. The maximum Gasteiger partial charge on any atom is 0.241 e. The quantitative estimate of drug-likeness (QED) is 0.469. The molecule has 1 atom stereocenters. The van der Waals surface area contributed by atoms with E-state index in [0.717, 1.165) is 0 Å². The third-order valence-corrected chi connectivity index (χ3v) is 1.64. The number of aliphatic hydroxyl groups excluding tert-OH is 1. The highest BCUT2D eigenvalue weighted by atomic mass is 35.5. The van der Waals surface area contributed by atoms with Gasteiger partial charge in [-0.2, -0.15) is 9.97 Å². The van der Waals surface area contributed by atoms with Gasteiger partial charge in [-0.25, -0.2) is 10.8 Å². The molecule has 0 aromatic carbocycles. The number of nitrogens with zero attached hydrogens (tertiary/aromatic N) is 3. The van der Waals surface area contributed by atoms with Crippen LogP contribution in [-0.4, -0.2) is 26.7 Å². The van der Waals surface area contributed by atoms with Crippen LogP contribution < -0.4 is 11.3 Å². The van der Waals surface area contributed by atoms with E-state index in [0.29, 0.717) is 5.82 Å². The Morgan fingerprint density at radius 1 is 1.54 bits per heavy atom. The fourth-order valence-electron chi connectivity index (χ4n) is 0.732. The van der Waals surface area contributed by atoms with E-state index in [2.05, 4.69) is 20.4 Å². The van der Waals surface area contributed by atoms with E-state index < -0.39 is 0 Å². The summed E-state index contributed by atoms with van der Waals surface area (Å²) in [6.45, 7) is 1.72. The predicted molar refractivity (Wildman–Crippen MR) is 48.1 cm³/mol. The molecular formula is C6H10ClN5O. The first kappa shape index (κ1) is 10.1. The molecule has 0 radical (unpaired) electrons. The first-order valence-corrected chi connectivity index (χ1v) is 4.04. The summed E-state index contributed by atoms with van der Waals surface area (Å²) in [5.74, 6) is 5.52. The normalized spacial score (nSPS) is 12.6. The second kappa shape index (κ2) is 4.31. The minimum Gasteiger partial charge on any atom is -0.396 e. The van der Waals surface area contributed by atoms with Gasteiger partial charge in [0.2, 0.25) is 11.2 Å². The Kier molecular flexibility index (Phi) is 3.35. The molecule has 0 aliphatic carbocycles. The van der Waals surface area contributed by atoms with E-state index >= 15 is 0 Å². The van der Waals surface area contributed by atoms with Gasteiger partial charge in [-0.1, -0.05) is 6.92 Å². The molecule has 6 nitrogen and oxygen atoms in total. The number of hydrazine groups is 1. The fourth-order valence-corrected chi connectivity index (χ4v) is 0.899. The van der Waals surface area contributed by atoms with Gasteiger partial charge in [-0.3, -0.25) is 5.43 Å². The molecule has 0 aliphatic rings. The van der Waals surface area contributed by atoms with Gasteiger partial charge in [-0.05, 0) is 11.6 Å². The largest absolute Gasteiger partial charge is 0.396 e. The summed E-state index contributed by atoms with van der Waals surface area (Å²) in [5.41, 5.74) is 2.26. The van der Waals surface area contributed by atoms with Crippen molar-refractivity contribution < 1.29 is 5.11 Å². The number of hydrogen-bond acceptors (Lipinski definition) is 6. The van der Waals surface area contributed by atoms with Crippen molar-refractivity contribution in [1.29, 1.82) is 0 Å². The number of rotatable bonds is 3. The minimum atomic E-state index is -0.187. The molecule has 72 valence electrons. The van der Waals surface area contributed by atoms with Crippen molar-refractivity contribution in [3.8, 4) is 0 Å². The fraction of sp³-hybridized carbons (Fsp3) is 0.500. The first-order chi connectivity index (χ1) is 6.17. The maximum absolute atomic E-state index is 8.85. The molecule has 1 rings (SSSR count). The highest BCUT2D eigenvalue weighted by Gasteiger charge is 2.10. The van der Waals surface area contributed by atoms with E-state index in [-0.39, 0.29) is 23.8 Å². The molecule has 0 saturated heterocycles. The Labute approximate surface area is 80.1 Å². The summed E-state index contributed by atoms with van der Waals surface area (Å²) in [6.07, 6.45) is 0. The Bertz CT molecular complexity index is 294. The zero-order chi connectivity index (χ0) is 9.84. The highest BCUT2D eigenvalue weighted by Crippen LogP contribution is 2.12. The predicted octanol–water partition coefficient (Wildman–Crippen LogP) is -0.0936. The lowest BCUT2D eigenvalue weighted by Crippen LogP contribution is -2.14. The number of nitrogens with two attached hydrogens (primary N) is 1. The molecule has 1 heterocycles. The van der Waals surface area contributed by atoms with Crippen LogP contribution in [0.15, 0.2) is 0 Å². The average Bonchev–Trinajstić information content (AvgIpc) is 2.15. The van der Waals surface area contributed by atoms with E-state index in [1.54, 1.807) is 6.92 Å². The average molecular weight is 204 g/mol. The van der Waals surface area contributed by atoms with E-state index in [1.165, 1.54) is 0 Å². The summed E-state index contributed by atoms with van der Waals surface area (Å²) in [6, 6.07) is 0. The summed E-state index contributed by atoms with van der Waals surface area (Å²) >= 11 is 5.59. The highest BCUT2D eigenvalue weighted by molar-refractivity contribution is 6.28.